The molecule has 0 aromatic carbocycles. The first-order valence-corrected chi connectivity index (χ1v) is 5.16. The predicted octanol–water partition coefficient (Wildman–Crippen LogP) is 0.425. The molecule has 0 saturated carbocycles. The number of carboxylic acid groups (broad SMARTS) is 1. The molecular formula is C11H12N2O4. The molecule has 0 bridgehead atoms. The first-order valence-electron chi connectivity index (χ1n) is 5.16. The Hall–Kier alpha value is -2.11. The lowest BCUT2D eigenvalue weighted by Gasteiger charge is -2.33. The van der Waals surface area contributed by atoms with Crippen molar-refractivity contribution >= 4 is 17.8 Å². The van der Waals surface area contributed by atoms with Gasteiger partial charge in [0.05, 0.1) is 18.2 Å². The van der Waals surface area contributed by atoms with Crippen LogP contribution in [0.1, 0.15) is 6.92 Å². The molecule has 0 fully saturated rings. The lowest BCUT2D eigenvalue weighted by atomic mass is 9.90. The second-order valence-electron chi connectivity index (χ2n) is 4.07. The SMILES string of the molecule is CC1C(=O)C2=C(C=CN(C(=O)O)C2)N(C)C1=O. The van der Waals surface area contributed by atoms with E-state index in [9.17, 15) is 14.4 Å². The molecule has 6 nitrogen and oxygen atoms in total. The number of likely N-dealkylation sites (N-methyl/N-ethyl adjacent to an activating group) is 1. The van der Waals surface area contributed by atoms with Gasteiger partial charge in [0.25, 0.3) is 0 Å². The third-order valence-corrected chi connectivity index (χ3v) is 3.05. The Balaban J connectivity index is 2.42. The van der Waals surface area contributed by atoms with Crippen molar-refractivity contribution in [3.05, 3.63) is 23.5 Å². The van der Waals surface area contributed by atoms with Gasteiger partial charge in [0.1, 0.15) is 0 Å². The van der Waals surface area contributed by atoms with E-state index in [4.69, 9.17) is 5.11 Å². The quantitative estimate of drug-likeness (QED) is 0.618. The van der Waals surface area contributed by atoms with Crippen LogP contribution in [0.2, 0.25) is 0 Å². The number of Topliss-reactive ketones (excluding diaryl/α,β-unsaturated/α-hetero) is 1. The van der Waals surface area contributed by atoms with E-state index in [0.717, 1.165) is 4.90 Å². The molecule has 90 valence electrons. The van der Waals surface area contributed by atoms with Gasteiger partial charge in [-0.15, -0.1) is 0 Å². The first-order chi connectivity index (χ1) is 7.93. The van der Waals surface area contributed by atoms with Crippen molar-refractivity contribution < 1.29 is 19.5 Å². The summed E-state index contributed by atoms with van der Waals surface area (Å²) in [6, 6.07) is 0. The summed E-state index contributed by atoms with van der Waals surface area (Å²) in [5, 5.41) is 8.86. The number of ketones is 1. The van der Waals surface area contributed by atoms with Crippen LogP contribution in [-0.4, -0.2) is 46.3 Å². The average Bonchev–Trinajstić information content (AvgIpc) is 2.32. The van der Waals surface area contributed by atoms with Gasteiger partial charge in [-0.05, 0) is 13.0 Å². The van der Waals surface area contributed by atoms with Crippen LogP contribution >= 0.6 is 0 Å². The Bertz CT molecular complexity index is 478. The monoisotopic (exact) mass is 236 g/mol. The number of nitrogens with zero attached hydrogens (tertiary/aromatic N) is 2. The van der Waals surface area contributed by atoms with E-state index >= 15 is 0 Å². The largest absolute Gasteiger partial charge is 0.465 e. The highest BCUT2D eigenvalue weighted by Gasteiger charge is 2.38. The van der Waals surface area contributed by atoms with Crippen molar-refractivity contribution in [1.82, 2.24) is 9.80 Å². The molecule has 0 radical (unpaired) electrons. The smallest absolute Gasteiger partial charge is 0.411 e. The molecule has 2 amide bonds. The van der Waals surface area contributed by atoms with Crippen molar-refractivity contribution in [3.63, 3.8) is 0 Å². The summed E-state index contributed by atoms with van der Waals surface area (Å²) in [7, 11) is 1.58. The van der Waals surface area contributed by atoms with Crippen molar-refractivity contribution in [2.45, 2.75) is 6.92 Å². The van der Waals surface area contributed by atoms with E-state index in [-0.39, 0.29) is 18.2 Å². The molecule has 2 heterocycles. The summed E-state index contributed by atoms with van der Waals surface area (Å²) in [5.74, 6) is -1.29. The first kappa shape index (κ1) is 11.4. The number of rotatable bonds is 0. The molecule has 0 aliphatic carbocycles. The van der Waals surface area contributed by atoms with Crippen molar-refractivity contribution in [3.8, 4) is 0 Å². The van der Waals surface area contributed by atoms with Gasteiger partial charge < -0.3 is 10.0 Å². The zero-order chi connectivity index (χ0) is 12.7. The molecule has 2 aliphatic heterocycles. The van der Waals surface area contributed by atoms with Crippen LogP contribution in [0.15, 0.2) is 23.5 Å². The summed E-state index contributed by atoms with van der Waals surface area (Å²) in [5.41, 5.74) is 0.875. The molecule has 2 aliphatic rings. The zero-order valence-corrected chi connectivity index (χ0v) is 9.51. The summed E-state index contributed by atoms with van der Waals surface area (Å²) < 4.78 is 0. The summed E-state index contributed by atoms with van der Waals surface area (Å²) in [6.07, 6.45) is 1.72. The Morgan fingerprint density at radius 3 is 2.71 bits per heavy atom. The fourth-order valence-electron chi connectivity index (χ4n) is 2.00. The molecule has 0 aromatic rings. The Labute approximate surface area is 97.8 Å². The molecule has 1 atom stereocenters. The van der Waals surface area contributed by atoms with Gasteiger partial charge in [0.15, 0.2) is 5.78 Å². The van der Waals surface area contributed by atoms with Crippen LogP contribution in [-0.2, 0) is 9.59 Å². The zero-order valence-electron chi connectivity index (χ0n) is 9.51. The maximum atomic E-state index is 11.9. The van der Waals surface area contributed by atoms with Gasteiger partial charge in [-0.3, -0.25) is 14.5 Å². The van der Waals surface area contributed by atoms with E-state index < -0.39 is 12.0 Å². The fraction of sp³-hybridized carbons (Fsp3) is 0.364. The fourth-order valence-corrected chi connectivity index (χ4v) is 2.00. The number of hydrogen-bond acceptors (Lipinski definition) is 3. The second kappa shape index (κ2) is 3.73. The number of carbonyl (C=O) groups is 3. The third-order valence-electron chi connectivity index (χ3n) is 3.05. The van der Waals surface area contributed by atoms with Gasteiger partial charge in [-0.25, -0.2) is 4.79 Å². The summed E-state index contributed by atoms with van der Waals surface area (Å²) in [4.78, 5) is 36.9. The van der Waals surface area contributed by atoms with Gasteiger partial charge >= 0.3 is 6.09 Å². The van der Waals surface area contributed by atoms with E-state index in [1.165, 1.54) is 24.1 Å². The Morgan fingerprint density at radius 2 is 2.12 bits per heavy atom. The number of amides is 2. The average molecular weight is 236 g/mol. The van der Waals surface area contributed by atoms with Crippen LogP contribution in [0.25, 0.3) is 0 Å². The van der Waals surface area contributed by atoms with Crippen LogP contribution in [0, 0.1) is 5.92 Å². The molecule has 2 rings (SSSR count). The Morgan fingerprint density at radius 1 is 1.47 bits per heavy atom. The molecule has 0 spiro atoms. The normalized spacial score (nSPS) is 24.2. The van der Waals surface area contributed by atoms with Gasteiger partial charge in [-0.1, -0.05) is 0 Å². The minimum atomic E-state index is -1.12. The minimum absolute atomic E-state index is 0.00194. The lowest BCUT2D eigenvalue weighted by molar-refractivity contribution is -0.138. The number of hydrogen-bond donors (Lipinski definition) is 1. The van der Waals surface area contributed by atoms with Crippen LogP contribution in [0.5, 0.6) is 0 Å². The molecule has 0 saturated heterocycles. The van der Waals surface area contributed by atoms with Crippen LogP contribution < -0.4 is 0 Å². The van der Waals surface area contributed by atoms with Crippen molar-refractivity contribution in [1.29, 1.82) is 0 Å². The maximum Gasteiger partial charge on any atom is 0.411 e. The van der Waals surface area contributed by atoms with Crippen LogP contribution in [0.4, 0.5) is 4.79 Å². The molecule has 6 heteroatoms. The Kier molecular flexibility index (Phi) is 2.49. The molecule has 1 unspecified atom stereocenters. The van der Waals surface area contributed by atoms with E-state index in [2.05, 4.69) is 0 Å². The molecular weight excluding hydrogens is 224 g/mol. The second-order valence-corrected chi connectivity index (χ2v) is 4.07. The van der Waals surface area contributed by atoms with E-state index in [0.29, 0.717) is 11.3 Å². The van der Waals surface area contributed by atoms with E-state index in [1.807, 2.05) is 0 Å². The molecule has 17 heavy (non-hydrogen) atoms. The highest BCUT2D eigenvalue weighted by atomic mass is 16.4. The standard InChI is InChI=1S/C11H12N2O4/c1-6-9(14)7-5-13(11(16)17)4-3-8(7)12(2)10(6)15/h3-4,6H,5H2,1-2H3,(H,16,17). The third kappa shape index (κ3) is 1.61. The van der Waals surface area contributed by atoms with Crippen molar-refractivity contribution in [2.75, 3.05) is 13.6 Å². The van der Waals surface area contributed by atoms with E-state index in [1.54, 1.807) is 7.05 Å². The van der Waals surface area contributed by atoms with Crippen molar-refractivity contribution in [2.24, 2.45) is 5.92 Å². The van der Waals surface area contributed by atoms with Gasteiger partial charge in [0, 0.05) is 18.8 Å². The maximum absolute atomic E-state index is 11.9. The van der Waals surface area contributed by atoms with Gasteiger partial charge in [-0.2, -0.15) is 0 Å². The number of carbonyl (C=O) groups excluding carboxylic acids is 2. The summed E-state index contributed by atoms with van der Waals surface area (Å²) >= 11 is 0. The van der Waals surface area contributed by atoms with Crippen LogP contribution in [0.3, 0.4) is 0 Å². The highest BCUT2D eigenvalue weighted by Crippen LogP contribution is 2.27. The molecule has 0 aromatic heterocycles. The number of allylic oxidation sites excluding steroid dienone is 1. The topological polar surface area (TPSA) is 77.9 Å². The highest BCUT2D eigenvalue weighted by molar-refractivity contribution is 6.13. The predicted molar refractivity (Wildman–Crippen MR) is 57.8 cm³/mol. The molecule has 1 N–H and O–H groups in total. The minimum Gasteiger partial charge on any atom is -0.465 e. The van der Waals surface area contributed by atoms with Gasteiger partial charge in [0.2, 0.25) is 5.91 Å². The lowest BCUT2D eigenvalue weighted by Crippen LogP contribution is -2.45. The summed E-state index contributed by atoms with van der Waals surface area (Å²) in [6.45, 7) is 1.54.